The molecule has 0 radical (unpaired) electrons. The molecule has 3 amide bonds. The van der Waals surface area contributed by atoms with Crippen molar-refractivity contribution in [3.63, 3.8) is 0 Å². The van der Waals surface area contributed by atoms with Gasteiger partial charge in [-0.25, -0.2) is 4.79 Å². The zero-order valence-electron chi connectivity index (χ0n) is 23.3. The first kappa shape index (κ1) is 28.6. The van der Waals surface area contributed by atoms with E-state index in [2.05, 4.69) is 5.32 Å². The lowest BCUT2D eigenvalue weighted by Crippen LogP contribution is -2.59. The van der Waals surface area contributed by atoms with E-state index in [1.54, 1.807) is 37.6 Å². The molecule has 2 bridgehead atoms. The Morgan fingerprint density at radius 1 is 1.13 bits per heavy atom. The number of ether oxygens (including phenoxy) is 3. The van der Waals surface area contributed by atoms with Gasteiger partial charge in [-0.2, -0.15) is 0 Å². The van der Waals surface area contributed by atoms with Crippen molar-refractivity contribution in [1.82, 2.24) is 4.90 Å². The van der Waals surface area contributed by atoms with Crippen molar-refractivity contribution < 1.29 is 33.4 Å². The average Bonchev–Trinajstić information content (AvgIpc) is 3.40. The van der Waals surface area contributed by atoms with E-state index in [0.29, 0.717) is 46.9 Å². The van der Waals surface area contributed by atoms with Crippen LogP contribution < -0.4 is 14.8 Å². The van der Waals surface area contributed by atoms with Gasteiger partial charge in [0, 0.05) is 29.8 Å². The molecule has 39 heavy (non-hydrogen) atoms. The smallest absolute Gasteiger partial charge is 0.341 e. The number of benzene rings is 1. The van der Waals surface area contributed by atoms with E-state index in [1.807, 2.05) is 20.8 Å². The van der Waals surface area contributed by atoms with Gasteiger partial charge >= 0.3 is 5.97 Å². The molecule has 2 unspecified atom stereocenters. The second-order valence-corrected chi connectivity index (χ2v) is 11.6. The fourth-order valence-electron chi connectivity index (χ4n) is 5.77. The normalized spacial score (nSPS) is 21.6. The summed E-state index contributed by atoms with van der Waals surface area (Å²) in [5.74, 6) is -0.255. The third kappa shape index (κ3) is 4.90. The monoisotopic (exact) mass is 556 g/mol. The molecule has 1 aliphatic carbocycles. The number of anilines is 1. The summed E-state index contributed by atoms with van der Waals surface area (Å²) >= 11 is 1.22. The van der Waals surface area contributed by atoms with Crippen LogP contribution in [0.3, 0.4) is 0 Å². The molecule has 1 saturated carbocycles. The van der Waals surface area contributed by atoms with E-state index in [-0.39, 0.29) is 54.2 Å². The molecule has 1 aromatic heterocycles. The van der Waals surface area contributed by atoms with Crippen LogP contribution in [0.25, 0.3) is 11.1 Å². The molecule has 1 N–H and O–H groups in total. The topological polar surface area (TPSA) is 111 Å². The van der Waals surface area contributed by atoms with Crippen molar-refractivity contribution in [2.45, 2.75) is 53.4 Å². The number of piperidine rings is 1. The quantitative estimate of drug-likeness (QED) is 0.319. The van der Waals surface area contributed by atoms with Crippen molar-refractivity contribution in [1.29, 1.82) is 0 Å². The van der Waals surface area contributed by atoms with Crippen LogP contribution in [-0.2, 0) is 19.1 Å². The number of hydrogen-bond acceptors (Lipinski definition) is 8. The molecule has 210 valence electrons. The molecule has 0 spiro atoms. The lowest BCUT2D eigenvalue weighted by Gasteiger charge is -2.47. The van der Waals surface area contributed by atoms with E-state index in [1.165, 1.54) is 23.3 Å². The number of likely N-dealkylation sites (tertiary alicyclic amines) is 1. The number of esters is 1. The van der Waals surface area contributed by atoms with Crippen LogP contribution in [0.4, 0.5) is 5.00 Å². The van der Waals surface area contributed by atoms with Gasteiger partial charge in [0.2, 0.25) is 17.7 Å². The second-order valence-electron chi connectivity index (χ2n) is 10.7. The number of carbonyl (C=O) groups is 4. The molecule has 9 nitrogen and oxygen atoms in total. The molecular formula is C29H36N2O7S. The summed E-state index contributed by atoms with van der Waals surface area (Å²) < 4.78 is 16.0. The molecule has 1 aliphatic heterocycles. The molecule has 2 heterocycles. The first-order valence-electron chi connectivity index (χ1n) is 13.2. The van der Waals surface area contributed by atoms with Crippen LogP contribution in [0, 0.1) is 16.7 Å². The third-order valence-electron chi connectivity index (χ3n) is 8.51. The zero-order chi connectivity index (χ0) is 28.5. The number of nitrogens with zero attached hydrogens (tertiary/aromatic N) is 1. The Hall–Kier alpha value is -3.40. The number of methoxy groups -OCH3 is 2. The lowest BCUT2D eigenvalue weighted by atomic mass is 9.62. The Labute approximate surface area is 232 Å². The summed E-state index contributed by atoms with van der Waals surface area (Å²) in [5, 5.41) is 5.00. The van der Waals surface area contributed by atoms with Gasteiger partial charge in [-0.3, -0.25) is 19.3 Å². The molecule has 4 rings (SSSR count). The van der Waals surface area contributed by atoms with Gasteiger partial charge in [0.25, 0.3) is 0 Å². The van der Waals surface area contributed by atoms with Crippen molar-refractivity contribution in [2.75, 3.05) is 32.7 Å². The summed E-state index contributed by atoms with van der Waals surface area (Å²) in [6.45, 7) is 8.05. The fraction of sp³-hybridized carbons (Fsp3) is 0.517. The van der Waals surface area contributed by atoms with Crippen LogP contribution in [0.5, 0.6) is 11.5 Å². The first-order valence-corrected chi connectivity index (χ1v) is 14.0. The van der Waals surface area contributed by atoms with Crippen LogP contribution in [0.1, 0.15) is 63.7 Å². The number of amides is 3. The third-order valence-corrected chi connectivity index (χ3v) is 9.41. The van der Waals surface area contributed by atoms with Crippen molar-refractivity contribution in [2.24, 2.45) is 16.7 Å². The molecule has 2 fully saturated rings. The largest absolute Gasteiger partial charge is 0.493 e. The second kappa shape index (κ2) is 11.0. The number of thiophene rings is 1. The minimum Gasteiger partial charge on any atom is -0.493 e. The lowest BCUT2D eigenvalue weighted by molar-refractivity contribution is -0.168. The van der Waals surface area contributed by atoms with Gasteiger partial charge in [0.05, 0.1) is 26.2 Å². The van der Waals surface area contributed by atoms with Gasteiger partial charge in [-0.15, -0.1) is 11.3 Å². The maximum absolute atomic E-state index is 13.2. The van der Waals surface area contributed by atoms with Gasteiger partial charge in [-0.1, -0.05) is 26.8 Å². The van der Waals surface area contributed by atoms with E-state index < -0.39 is 11.4 Å². The van der Waals surface area contributed by atoms with E-state index >= 15 is 0 Å². The summed E-state index contributed by atoms with van der Waals surface area (Å²) in [5.41, 5.74) is 0.630. The minimum atomic E-state index is -0.570. The van der Waals surface area contributed by atoms with Crippen LogP contribution in [-0.4, -0.2) is 56.0 Å². The number of carbonyl (C=O) groups excluding carboxylic acids is 4. The highest BCUT2D eigenvalue weighted by atomic mass is 32.1. The SMILES string of the molecule is CCOC(=O)c1c(-c2ccc(OC)c(OC)c2)csc1NC(=O)CCCN1C(=O)C2CCC(C)(C1=O)C2(C)C. The average molecular weight is 557 g/mol. The van der Waals surface area contributed by atoms with Crippen LogP contribution in [0.15, 0.2) is 23.6 Å². The predicted molar refractivity (Wildman–Crippen MR) is 148 cm³/mol. The standard InChI is InChI=1S/C29H36N2O7S/c1-7-38-26(34)23-18(17-10-11-20(36-5)21(15-17)37-6)16-39-24(23)30-22(32)9-8-14-31-25(33)19-12-13-29(4,27(31)35)28(19,2)3/h10-11,15-16,19H,7-9,12-14H2,1-6H3,(H,30,32). The zero-order valence-corrected chi connectivity index (χ0v) is 24.2. The van der Waals surface area contributed by atoms with Crippen LogP contribution >= 0.6 is 11.3 Å². The van der Waals surface area contributed by atoms with E-state index in [4.69, 9.17) is 14.2 Å². The molecule has 2 aliphatic rings. The van der Waals surface area contributed by atoms with Gasteiger partial charge in [-0.05, 0) is 49.3 Å². The minimum absolute atomic E-state index is 0.0910. The highest BCUT2D eigenvalue weighted by Crippen LogP contribution is 2.60. The number of fused-ring (bicyclic) bond motifs is 2. The Kier molecular flexibility index (Phi) is 8.07. The summed E-state index contributed by atoms with van der Waals surface area (Å²) in [6, 6.07) is 5.31. The van der Waals surface area contributed by atoms with Crippen LogP contribution in [0.2, 0.25) is 0 Å². The Bertz CT molecular complexity index is 1300. The van der Waals surface area contributed by atoms with Gasteiger partial charge < -0.3 is 19.5 Å². The maximum atomic E-state index is 13.2. The maximum Gasteiger partial charge on any atom is 0.341 e. The van der Waals surface area contributed by atoms with E-state index in [9.17, 15) is 19.2 Å². The summed E-state index contributed by atoms with van der Waals surface area (Å²) in [6.07, 6.45) is 1.83. The molecular weight excluding hydrogens is 520 g/mol. The Balaban J connectivity index is 1.47. The number of imide groups is 1. The van der Waals surface area contributed by atoms with Crippen molar-refractivity contribution >= 4 is 40.0 Å². The molecule has 2 aromatic rings. The summed E-state index contributed by atoms with van der Waals surface area (Å²) in [7, 11) is 3.08. The van der Waals surface area contributed by atoms with E-state index in [0.717, 1.165) is 0 Å². The van der Waals surface area contributed by atoms with Crippen molar-refractivity contribution in [3.05, 3.63) is 29.1 Å². The number of nitrogens with one attached hydrogen (secondary N) is 1. The highest BCUT2D eigenvalue weighted by molar-refractivity contribution is 7.15. The van der Waals surface area contributed by atoms with Gasteiger partial charge in [0.1, 0.15) is 10.6 Å². The highest BCUT2D eigenvalue weighted by Gasteiger charge is 2.64. The number of rotatable bonds is 10. The summed E-state index contributed by atoms with van der Waals surface area (Å²) in [4.78, 5) is 53.5. The first-order chi connectivity index (χ1) is 18.5. The molecule has 2 atom stereocenters. The predicted octanol–water partition coefficient (Wildman–Crippen LogP) is 5.14. The Morgan fingerprint density at radius 3 is 2.51 bits per heavy atom. The van der Waals surface area contributed by atoms with Gasteiger partial charge in [0.15, 0.2) is 11.5 Å². The number of hydrogen-bond donors (Lipinski definition) is 1. The molecule has 1 saturated heterocycles. The molecule has 10 heteroatoms. The Morgan fingerprint density at radius 2 is 1.85 bits per heavy atom. The van der Waals surface area contributed by atoms with Crippen molar-refractivity contribution in [3.8, 4) is 22.6 Å². The molecule has 1 aromatic carbocycles. The fourth-order valence-corrected chi connectivity index (χ4v) is 6.75.